The normalized spacial score (nSPS) is 11.0. The Hall–Kier alpha value is -2.86. The van der Waals surface area contributed by atoms with Crippen molar-refractivity contribution in [2.75, 3.05) is 20.8 Å². The van der Waals surface area contributed by atoms with Gasteiger partial charge in [0.2, 0.25) is 5.91 Å². The van der Waals surface area contributed by atoms with Gasteiger partial charge in [-0.2, -0.15) is 0 Å². The first-order valence-corrected chi connectivity index (χ1v) is 9.03. The second-order valence-electron chi connectivity index (χ2n) is 5.56. The zero-order valence-electron chi connectivity index (χ0n) is 14.7. The maximum atomic E-state index is 12.0. The highest BCUT2D eigenvalue weighted by molar-refractivity contribution is 7.18. The first-order valence-electron chi connectivity index (χ1n) is 8.22. The lowest BCUT2D eigenvalue weighted by Gasteiger charge is -2.07. The second-order valence-corrected chi connectivity index (χ2v) is 6.67. The minimum absolute atomic E-state index is 0.149. The van der Waals surface area contributed by atoms with Crippen LogP contribution in [-0.4, -0.2) is 31.7 Å². The summed E-state index contributed by atoms with van der Waals surface area (Å²) in [5, 5.41) is 3.90. The number of methoxy groups -OCH3 is 2. The topological polar surface area (TPSA) is 60.5 Å². The van der Waals surface area contributed by atoms with Crippen LogP contribution in [0.25, 0.3) is 16.3 Å². The SMILES string of the molecule is COc1ccc(/C=C/C(=O)NCCc2nc3ccccc3s2)c(OC)c1. The van der Waals surface area contributed by atoms with Gasteiger partial charge in [0.05, 0.1) is 29.4 Å². The van der Waals surface area contributed by atoms with Crippen molar-refractivity contribution in [2.45, 2.75) is 6.42 Å². The van der Waals surface area contributed by atoms with Crippen molar-refractivity contribution >= 4 is 33.5 Å². The molecule has 1 heterocycles. The summed E-state index contributed by atoms with van der Waals surface area (Å²) in [6, 6.07) is 13.5. The summed E-state index contributed by atoms with van der Waals surface area (Å²) in [4.78, 5) is 16.6. The lowest BCUT2D eigenvalue weighted by atomic mass is 10.1. The maximum Gasteiger partial charge on any atom is 0.244 e. The molecule has 134 valence electrons. The number of nitrogens with zero attached hydrogens (tertiary/aromatic N) is 1. The van der Waals surface area contributed by atoms with Gasteiger partial charge in [0.25, 0.3) is 0 Å². The monoisotopic (exact) mass is 368 g/mol. The van der Waals surface area contributed by atoms with Gasteiger partial charge in [-0.25, -0.2) is 4.98 Å². The highest BCUT2D eigenvalue weighted by atomic mass is 32.1. The van der Waals surface area contributed by atoms with Crippen molar-refractivity contribution < 1.29 is 14.3 Å². The van der Waals surface area contributed by atoms with Crippen LogP contribution in [0.2, 0.25) is 0 Å². The lowest BCUT2D eigenvalue weighted by molar-refractivity contribution is -0.116. The summed E-state index contributed by atoms with van der Waals surface area (Å²) in [5.41, 5.74) is 1.82. The summed E-state index contributed by atoms with van der Waals surface area (Å²) in [6.07, 6.45) is 3.94. The van der Waals surface area contributed by atoms with Crippen LogP contribution in [-0.2, 0) is 11.2 Å². The number of amides is 1. The number of ether oxygens (including phenoxy) is 2. The number of fused-ring (bicyclic) bond motifs is 1. The number of benzene rings is 2. The van der Waals surface area contributed by atoms with Crippen molar-refractivity contribution in [3.63, 3.8) is 0 Å². The molecule has 3 aromatic rings. The van der Waals surface area contributed by atoms with Gasteiger partial charge in [0.15, 0.2) is 0 Å². The van der Waals surface area contributed by atoms with Gasteiger partial charge >= 0.3 is 0 Å². The second kappa shape index (κ2) is 8.49. The van der Waals surface area contributed by atoms with E-state index in [9.17, 15) is 4.79 Å². The summed E-state index contributed by atoms with van der Waals surface area (Å²) in [6.45, 7) is 0.544. The first-order chi connectivity index (χ1) is 12.7. The third-order valence-electron chi connectivity index (χ3n) is 3.83. The molecular weight excluding hydrogens is 348 g/mol. The van der Waals surface area contributed by atoms with E-state index in [2.05, 4.69) is 16.4 Å². The molecule has 0 bridgehead atoms. The maximum absolute atomic E-state index is 12.0. The van der Waals surface area contributed by atoms with Gasteiger partial charge in [0.1, 0.15) is 11.5 Å². The fourth-order valence-electron chi connectivity index (χ4n) is 2.50. The summed E-state index contributed by atoms with van der Waals surface area (Å²) in [5.74, 6) is 1.21. The number of thiazole rings is 1. The van der Waals surface area contributed by atoms with Gasteiger partial charge < -0.3 is 14.8 Å². The number of carbonyl (C=O) groups is 1. The van der Waals surface area contributed by atoms with E-state index in [0.717, 1.165) is 16.1 Å². The Morgan fingerprint density at radius 3 is 2.81 bits per heavy atom. The Morgan fingerprint density at radius 2 is 2.04 bits per heavy atom. The molecule has 1 amide bonds. The number of para-hydroxylation sites is 1. The van der Waals surface area contributed by atoms with Gasteiger partial charge in [-0.05, 0) is 30.3 Å². The zero-order valence-corrected chi connectivity index (χ0v) is 15.5. The molecule has 26 heavy (non-hydrogen) atoms. The molecule has 0 saturated carbocycles. The number of nitrogens with one attached hydrogen (secondary N) is 1. The molecule has 1 N–H and O–H groups in total. The Morgan fingerprint density at radius 1 is 1.19 bits per heavy atom. The highest BCUT2D eigenvalue weighted by Gasteiger charge is 2.05. The van der Waals surface area contributed by atoms with Crippen molar-refractivity contribution in [2.24, 2.45) is 0 Å². The van der Waals surface area contributed by atoms with Gasteiger partial charge in [-0.15, -0.1) is 11.3 Å². The number of hydrogen-bond acceptors (Lipinski definition) is 5. The fraction of sp³-hybridized carbons (Fsp3) is 0.200. The van der Waals surface area contributed by atoms with Crippen LogP contribution >= 0.6 is 11.3 Å². The standard InChI is InChI=1S/C20H20N2O3S/c1-24-15-9-7-14(17(13-15)25-2)8-10-19(23)21-12-11-20-22-16-5-3-4-6-18(16)26-20/h3-10,13H,11-12H2,1-2H3,(H,21,23)/b10-8+. The molecule has 0 aliphatic rings. The predicted molar refractivity (Wildman–Crippen MR) is 105 cm³/mol. The van der Waals surface area contributed by atoms with E-state index in [-0.39, 0.29) is 5.91 Å². The minimum Gasteiger partial charge on any atom is -0.497 e. The Kier molecular flexibility index (Phi) is 5.86. The Labute approximate surface area is 156 Å². The van der Waals surface area contributed by atoms with E-state index in [1.807, 2.05) is 30.3 Å². The molecule has 0 aliphatic heterocycles. The average Bonchev–Trinajstić information content (AvgIpc) is 3.09. The molecule has 5 nitrogen and oxygen atoms in total. The zero-order chi connectivity index (χ0) is 18.4. The van der Waals surface area contributed by atoms with E-state index in [1.54, 1.807) is 37.7 Å². The van der Waals surface area contributed by atoms with Crippen molar-refractivity contribution in [3.05, 3.63) is 59.1 Å². The van der Waals surface area contributed by atoms with Gasteiger partial charge in [0, 0.05) is 30.7 Å². The molecular formula is C20H20N2O3S. The van der Waals surface area contributed by atoms with E-state index >= 15 is 0 Å². The van der Waals surface area contributed by atoms with Crippen LogP contribution in [0.1, 0.15) is 10.6 Å². The van der Waals surface area contributed by atoms with Crippen LogP contribution in [0.5, 0.6) is 11.5 Å². The van der Waals surface area contributed by atoms with Gasteiger partial charge in [-0.3, -0.25) is 4.79 Å². The molecule has 1 aromatic heterocycles. The Bertz CT molecular complexity index is 901. The summed E-state index contributed by atoms with van der Waals surface area (Å²) < 4.78 is 11.7. The van der Waals surface area contributed by atoms with Crippen LogP contribution in [0.4, 0.5) is 0 Å². The van der Waals surface area contributed by atoms with Crippen molar-refractivity contribution in [1.82, 2.24) is 10.3 Å². The highest BCUT2D eigenvalue weighted by Crippen LogP contribution is 2.25. The van der Waals surface area contributed by atoms with Crippen LogP contribution in [0.15, 0.2) is 48.5 Å². The van der Waals surface area contributed by atoms with Crippen molar-refractivity contribution in [1.29, 1.82) is 0 Å². The number of carbonyl (C=O) groups excluding carboxylic acids is 1. The molecule has 6 heteroatoms. The fourth-order valence-corrected chi connectivity index (χ4v) is 3.47. The smallest absolute Gasteiger partial charge is 0.244 e. The van der Waals surface area contributed by atoms with Gasteiger partial charge in [-0.1, -0.05) is 12.1 Å². The third kappa shape index (κ3) is 4.40. The van der Waals surface area contributed by atoms with Crippen molar-refractivity contribution in [3.8, 4) is 11.5 Å². The third-order valence-corrected chi connectivity index (χ3v) is 4.93. The van der Waals surface area contributed by atoms with E-state index in [4.69, 9.17) is 9.47 Å². The number of aromatic nitrogens is 1. The summed E-state index contributed by atoms with van der Waals surface area (Å²) in [7, 11) is 3.19. The molecule has 0 saturated heterocycles. The predicted octanol–water partition coefficient (Wildman–Crippen LogP) is 3.69. The largest absolute Gasteiger partial charge is 0.497 e. The number of hydrogen-bond donors (Lipinski definition) is 1. The Balaban J connectivity index is 1.54. The molecule has 0 fully saturated rings. The average molecular weight is 368 g/mol. The molecule has 3 rings (SSSR count). The first kappa shape index (κ1) is 17.9. The molecule has 0 atom stereocenters. The van der Waals surface area contributed by atoms with E-state index < -0.39 is 0 Å². The van der Waals surface area contributed by atoms with Crippen LogP contribution in [0, 0.1) is 0 Å². The van der Waals surface area contributed by atoms with Crippen LogP contribution in [0.3, 0.4) is 0 Å². The molecule has 0 aliphatic carbocycles. The molecule has 2 aromatic carbocycles. The number of rotatable bonds is 7. The van der Waals surface area contributed by atoms with E-state index in [1.165, 1.54) is 10.8 Å². The molecule has 0 unspecified atom stereocenters. The lowest BCUT2D eigenvalue weighted by Crippen LogP contribution is -2.23. The van der Waals surface area contributed by atoms with E-state index in [0.29, 0.717) is 24.5 Å². The minimum atomic E-state index is -0.149. The quantitative estimate of drug-likeness (QED) is 0.646. The molecule has 0 radical (unpaired) electrons. The van der Waals surface area contributed by atoms with Crippen LogP contribution < -0.4 is 14.8 Å². The molecule has 0 spiro atoms. The summed E-state index contributed by atoms with van der Waals surface area (Å²) >= 11 is 1.66.